The fraction of sp³-hybridized carbons (Fsp3) is 0.205. The molecule has 6 rings (SSSR count). The summed E-state index contributed by atoms with van der Waals surface area (Å²) in [6.45, 7) is 3.32. The monoisotopic (exact) mass is 784 g/mol. The molecule has 0 radical (unpaired) electrons. The van der Waals surface area contributed by atoms with Crippen molar-refractivity contribution in [2.24, 2.45) is 0 Å². The highest BCUT2D eigenvalue weighted by Crippen LogP contribution is 2.30. The number of carbonyl (C=O) groups excluding carboxylic acids is 4. The van der Waals surface area contributed by atoms with Gasteiger partial charge in [0.15, 0.2) is 16.3 Å². The molecule has 14 nitrogen and oxygen atoms in total. The third kappa shape index (κ3) is 9.86. The van der Waals surface area contributed by atoms with E-state index in [2.05, 4.69) is 31.2 Å². The molecule has 0 fully saturated rings. The molecule has 2 heterocycles. The summed E-state index contributed by atoms with van der Waals surface area (Å²) in [6.07, 6.45) is 0.00101. The van der Waals surface area contributed by atoms with Crippen LogP contribution in [0, 0.1) is 11.6 Å². The Kier molecular flexibility index (Phi) is 12.2. The Morgan fingerprint density at radius 3 is 1.46 bits per heavy atom. The predicted molar refractivity (Wildman–Crippen MR) is 205 cm³/mol. The first-order valence-electron chi connectivity index (χ1n) is 17.3. The average Bonchev–Trinajstić information content (AvgIpc) is 3.79. The molecule has 0 atom stereocenters. The Balaban J connectivity index is 1.05. The summed E-state index contributed by atoms with van der Waals surface area (Å²) in [7, 11) is 0. The van der Waals surface area contributed by atoms with Gasteiger partial charge in [-0.1, -0.05) is 12.1 Å². The van der Waals surface area contributed by atoms with Crippen molar-refractivity contribution in [2.45, 2.75) is 26.7 Å². The number of hydrogen-bond donors (Lipinski definition) is 4. The molecule has 0 aliphatic rings. The number of anilines is 2. The number of aromatic nitrogens is 2. The van der Waals surface area contributed by atoms with Crippen LogP contribution in [0.5, 0.6) is 0 Å². The van der Waals surface area contributed by atoms with E-state index in [0.717, 1.165) is 0 Å². The summed E-state index contributed by atoms with van der Waals surface area (Å²) in [6, 6.07) is 18.4. The van der Waals surface area contributed by atoms with Crippen molar-refractivity contribution in [3.63, 3.8) is 0 Å². The van der Waals surface area contributed by atoms with E-state index in [-0.39, 0.29) is 79.2 Å². The molecule has 4 aromatic carbocycles. The largest absolute Gasteiger partial charge is 0.465 e. The molecule has 4 N–H and O–H groups in total. The fourth-order valence-electron chi connectivity index (χ4n) is 5.45. The Morgan fingerprint density at radius 1 is 0.643 bits per heavy atom. The molecule has 0 aliphatic heterocycles. The lowest BCUT2D eigenvalue weighted by atomic mass is 10.1. The second kappa shape index (κ2) is 17.6. The van der Waals surface area contributed by atoms with E-state index in [1.165, 1.54) is 24.3 Å². The topological polar surface area (TPSA) is 187 Å². The number of oxazole rings is 2. The highest BCUT2D eigenvalue weighted by atomic mass is 32.1. The summed E-state index contributed by atoms with van der Waals surface area (Å²) in [5.74, 6) is -2.87. The first-order chi connectivity index (χ1) is 27.0. The summed E-state index contributed by atoms with van der Waals surface area (Å²) < 4.78 is 51.7. The number of hydrogen-bond acceptors (Lipinski definition) is 11. The van der Waals surface area contributed by atoms with Gasteiger partial charge < -0.3 is 39.6 Å². The lowest BCUT2D eigenvalue weighted by Gasteiger charge is -2.12. The highest BCUT2D eigenvalue weighted by Gasteiger charge is 2.17. The lowest BCUT2D eigenvalue weighted by Crippen LogP contribution is -2.31. The van der Waals surface area contributed by atoms with Crippen LogP contribution in [0.4, 0.5) is 20.2 Å². The second-order valence-corrected chi connectivity index (χ2v) is 12.5. The molecule has 0 bridgehead atoms. The van der Waals surface area contributed by atoms with Crippen LogP contribution in [0.3, 0.4) is 0 Å². The quantitative estimate of drug-likeness (QED) is 0.0764. The van der Waals surface area contributed by atoms with E-state index in [1.807, 2.05) is 0 Å². The standard InChI is InChI=1S/C39H34F2N6O8S/c1-3-52-35(50)19-42-33(48)15-21-5-11-31-29(13-21)44-37(54-31)23-7-9-27(25(40)17-23)46-39(56)47-28-10-8-24(18-26(28)41)38-45-30-14-22(6-12-32(30)55-38)16-34(49)43-20-36(51)53-4-2/h5-14,17-18H,3-4,15-16,19-20H2,1-2H3,(H,42,48)(H,43,49)(H2,46,47,56). The number of nitrogens with zero attached hydrogens (tertiary/aromatic N) is 2. The zero-order chi connectivity index (χ0) is 39.8. The van der Waals surface area contributed by atoms with Gasteiger partial charge in [0.25, 0.3) is 0 Å². The first kappa shape index (κ1) is 39.0. The molecule has 2 aromatic heterocycles. The Hall–Kier alpha value is -6.75. The number of thiocarbonyl (C=S) groups is 1. The van der Waals surface area contributed by atoms with Crippen LogP contribution in [-0.4, -0.2) is 65.1 Å². The molecule has 0 saturated heterocycles. The number of carbonyl (C=O) groups is 4. The van der Waals surface area contributed by atoms with Gasteiger partial charge in [-0.2, -0.15) is 0 Å². The molecule has 6 aromatic rings. The Morgan fingerprint density at radius 2 is 1.07 bits per heavy atom. The molecule has 17 heteroatoms. The van der Waals surface area contributed by atoms with Crippen molar-refractivity contribution in [1.82, 2.24) is 20.6 Å². The number of halogens is 2. The van der Waals surface area contributed by atoms with E-state index in [1.54, 1.807) is 62.4 Å². The molecule has 288 valence electrons. The van der Waals surface area contributed by atoms with E-state index < -0.39 is 23.6 Å². The van der Waals surface area contributed by atoms with Crippen LogP contribution in [0.25, 0.3) is 45.1 Å². The zero-order valence-corrected chi connectivity index (χ0v) is 30.8. The number of benzene rings is 4. The van der Waals surface area contributed by atoms with Gasteiger partial charge in [0.05, 0.1) is 37.4 Å². The third-order valence-electron chi connectivity index (χ3n) is 8.03. The Labute approximate surface area is 323 Å². The minimum absolute atomic E-state index is 0.000505. The van der Waals surface area contributed by atoms with E-state index in [9.17, 15) is 19.2 Å². The average molecular weight is 785 g/mol. The van der Waals surface area contributed by atoms with Crippen molar-refractivity contribution in [2.75, 3.05) is 36.9 Å². The van der Waals surface area contributed by atoms with Gasteiger partial charge in [0, 0.05) is 11.1 Å². The predicted octanol–water partition coefficient (Wildman–Crippen LogP) is 5.83. The molecule has 0 saturated carbocycles. The minimum atomic E-state index is -0.680. The van der Waals surface area contributed by atoms with Gasteiger partial charge in [-0.05, 0) is 97.9 Å². The second-order valence-electron chi connectivity index (χ2n) is 12.1. The van der Waals surface area contributed by atoms with Gasteiger partial charge in [-0.3, -0.25) is 19.2 Å². The highest BCUT2D eigenvalue weighted by molar-refractivity contribution is 7.80. The molecular formula is C39H34F2N6O8S. The van der Waals surface area contributed by atoms with Gasteiger partial charge in [0.2, 0.25) is 23.6 Å². The first-order valence-corrected chi connectivity index (χ1v) is 17.7. The van der Waals surface area contributed by atoms with Crippen molar-refractivity contribution < 1.29 is 46.3 Å². The van der Waals surface area contributed by atoms with Crippen molar-refractivity contribution >= 4 is 74.7 Å². The van der Waals surface area contributed by atoms with Crippen LogP contribution in [0.2, 0.25) is 0 Å². The third-order valence-corrected chi connectivity index (χ3v) is 8.24. The summed E-state index contributed by atoms with van der Waals surface area (Å²) in [5, 5.41) is 10.4. The normalized spacial score (nSPS) is 10.9. The number of esters is 2. The van der Waals surface area contributed by atoms with Crippen LogP contribution < -0.4 is 21.3 Å². The maximum absolute atomic E-state index is 15.2. The maximum atomic E-state index is 15.2. The van der Waals surface area contributed by atoms with Gasteiger partial charge in [-0.15, -0.1) is 0 Å². The fourth-order valence-corrected chi connectivity index (χ4v) is 5.67. The SMILES string of the molecule is CCOC(=O)CNC(=O)Cc1ccc2oc(-c3ccc(NC(=S)Nc4ccc(-c5nc6cc(CC(=O)NCC(=O)OCC)ccc6o5)cc4F)c(F)c3)nc2c1. The number of amides is 2. The van der Waals surface area contributed by atoms with E-state index in [0.29, 0.717) is 44.5 Å². The van der Waals surface area contributed by atoms with E-state index >= 15 is 8.78 Å². The minimum Gasteiger partial charge on any atom is -0.465 e. The van der Waals surface area contributed by atoms with Gasteiger partial charge >= 0.3 is 11.9 Å². The molecule has 2 amide bonds. The van der Waals surface area contributed by atoms with Crippen LogP contribution in [0.1, 0.15) is 25.0 Å². The molecular weight excluding hydrogens is 751 g/mol. The Bertz CT molecular complexity index is 2300. The van der Waals surface area contributed by atoms with Crippen molar-refractivity contribution in [3.8, 4) is 22.9 Å². The van der Waals surface area contributed by atoms with Crippen LogP contribution in [0.15, 0.2) is 81.6 Å². The number of rotatable bonds is 14. The van der Waals surface area contributed by atoms with Crippen molar-refractivity contribution in [3.05, 3.63) is 95.6 Å². The van der Waals surface area contributed by atoms with Gasteiger partial charge in [0.1, 0.15) is 35.8 Å². The van der Waals surface area contributed by atoms with E-state index in [4.69, 9.17) is 30.5 Å². The number of ether oxygens (including phenoxy) is 2. The molecule has 0 spiro atoms. The van der Waals surface area contributed by atoms with Crippen molar-refractivity contribution in [1.29, 1.82) is 0 Å². The molecule has 56 heavy (non-hydrogen) atoms. The summed E-state index contributed by atoms with van der Waals surface area (Å²) in [5.41, 5.74) is 3.72. The summed E-state index contributed by atoms with van der Waals surface area (Å²) in [4.78, 5) is 56.4. The smallest absolute Gasteiger partial charge is 0.325 e. The summed E-state index contributed by atoms with van der Waals surface area (Å²) >= 11 is 5.32. The molecule has 0 unspecified atom stereocenters. The molecule has 0 aliphatic carbocycles. The lowest BCUT2D eigenvalue weighted by molar-refractivity contribution is -0.143. The number of fused-ring (bicyclic) bond motifs is 2. The van der Waals surface area contributed by atoms with Crippen LogP contribution >= 0.6 is 12.2 Å². The maximum Gasteiger partial charge on any atom is 0.325 e. The number of nitrogens with one attached hydrogen (secondary N) is 4. The van der Waals surface area contributed by atoms with Crippen LogP contribution in [-0.2, 0) is 41.5 Å². The van der Waals surface area contributed by atoms with Gasteiger partial charge in [-0.25, -0.2) is 18.7 Å². The zero-order valence-electron chi connectivity index (χ0n) is 30.0.